The van der Waals surface area contributed by atoms with E-state index in [4.69, 9.17) is 10.5 Å². The second kappa shape index (κ2) is 10.8. The Morgan fingerprint density at radius 2 is 1.74 bits per heavy atom. The number of nitrogens with one attached hydrogen (secondary N) is 2. The van der Waals surface area contributed by atoms with Crippen LogP contribution in [0.2, 0.25) is 0 Å². The Balaban J connectivity index is 1.67. The summed E-state index contributed by atoms with van der Waals surface area (Å²) in [6, 6.07) is 0. The van der Waals surface area contributed by atoms with Crippen LogP contribution in [0.15, 0.2) is 0 Å². The molecule has 2 amide bonds. The van der Waals surface area contributed by atoms with Crippen LogP contribution in [-0.2, 0) is 17.6 Å². The molecule has 3 heterocycles. The Labute approximate surface area is 207 Å². The first-order valence-corrected chi connectivity index (χ1v) is 13.6. The Morgan fingerprint density at radius 3 is 2.44 bits per heavy atom. The number of anilines is 3. The highest BCUT2D eigenvalue weighted by Crippen LogP contribution is 2.41. The number of amides is 2. The highest BCUT2D eigenvalue weighted by Gasteiger charge is 2.31. The van der Waals surface area contributed by atoms with Crippen molar-refractivity contribution < 1.29 is 19.1 Å². The molecule has 1 fully saturated rings. The average Bonchev–Trinajstić information content (AvgIpc) is 3.51. The first kappa shape index (κ1) is 24.5. The van der Waals surface area contributed by atoms with Gasteiger partial charge >= 0.3 is 5.97 Å². The van der Waals surface area contributed by atoms with E-state index in [1.807, 2.05) is 6.92 Å². The number of fused-ring (bicyclic) bond motifs is 1. The summed E-state index contributed by atoms with van der Waals surface area (Å²) in [5.41, 5.74) is 8.42. The van der Waals surface area contributed by atoms with Gasteiger partial charge in [0.1, 0.15) is 14.9 Å². The van der Waals surface area contributed by atoms with Crippen molar-refractivity contribution in [1.82, 2.24) is 4.90 Å². The van der Waals surface area contributed by atoms with Gasteiger partial charge in [0, 0.05) is 24.5 Å². The number of nitrogen functional groups attached to an aromatic ring is 1. The number of hydrogen-bond donors (Lipinski definition) is 3. The van der Waals surface area contributed by atoms with Gasteiger partial charge in [-0.15, -0.1) is 22.7 Å². The molecule has 0 radical (unpaired) electrons. The minimum Gasteiger partial charge on any atom is -0.465 e. The molecule has 4 rings (SSSR count). The number of ether oxygens (including phenoxy) is 1. The van der Waals surface area contributed by atoms with E-state index < -0.39 is 11.9 Å². The highest BCUT2D eigenvalue weighted by molar-refractivity contribution is 7.19. The minimum absolute atomic E-state index is 0.137. The summed E-state index contributed by atoms with van der Waals surface area (Å²) in [7, 11) is 1.36. The number of carbonyl (C=O) groups excluding carboxylic acids is 3. The molecule has 0 bridgehead atoms. The number of likely N-dealkylation sites (tertiary alicyclic amines) is 1. The van der Waals surface area contributed by atoms with Crippen LogP contribution in [0.1, 0.15) is 86.3 Å². The van der Waals surface area contributed by atoms with Crippen molar-refractivity contribution in [2.75, 3.05) is 43.1 Å². The summed E-state index contributed by atoms with van der Waals surface area (Å²) in [6.45, 7) is 4.11. The molecule has 8 nitrogen and oxygen atoms in total. The fourth-order valence-corrected chi connectivity index (χ4v) is 6.88. The van der Waals surface area contributed by atoms with Crippen LogP contribution >= 0.6 is 22.7 Å². The van der Waals surface area contributed by atoms with Crippen molar-refractivity contribution in [3.63, 3.8) is 0 Å². The van der Waals surface area contributed by atoms with Crippen molar-refractivity contribution in [3.8, 4) is 0 Å². The van der Waals surface area contributed by atoms with Crippen LogP contribution < -0.4 is 16.4 Å². The van der Waals surface area contributed by atoms with Gasteiger partial charge in [0.2, 0.25) is 0 Å². The van der Waals surface area contributed by atoms with Gasteiger partial charge in [0.25, 0.3) is 11.8 Å². The predicted molar refractivity (Wildman–Crippen MR) is 138 cm³/mol. The number of nitrogens with zero attached hydrogens (tertiary/aromatic N) is 1. The van der Waals surface area contributed by atoms with E-state index >= 15 is 0 Å². The molecule has 1 aliphatic heterocycles. The zero-order valence-electron chi connectivity index (χ0n) is 19.8. The quantitative estimate of drug-likeness (QED) is 0.370. The van der Waals surface area contributed by atoms with Gasteiger partial charge in [-0.05, 0) is 50.5 Å². The molecule has 0 atom stereocenters. The Morgan fingerprint density at radius 1 is 1.00 bits per heavy atom. The van der Waals surface area contributed by atoms with Crippen LogP contribution in [0.4, 0.5) is 15.7 Å². The predicted octanol–water partition coefficient (Wildman–Crippen LogP) is 4.76. The second-order valence-electron chi connectivity index (χ2n) is 8.69. The third-order valence-corrected chi connectivity index (χ3v) is 8.70. The van der Waals surface area contributed by atoms with E-state index in [0.29, 0.717) is 40.8 Å². The van der Waals surface area contributed by atoms with E-state index in [9.17, 15) is 14.4 Å². The molecule has 1 saturated heterocycles. The number of methoxy groups -OCH3 is 1. The molecule has 2 aliphatic rings. The van der Waals surface area contributed by atoms with E-state index in [0.717, 1.165) is 61.8 Å². The summed E-state index contributed by atoms with van der Waals surface area (Å²) < 4.78 is 5.04. The number of thiophene rings is 2. The SMILES string of the molecule is CCCNc1sc(C(=O)Nc2sc3c(c2C(=O)OC)CCCCC3)c(N)c1C(=O)N1CCCC1. The van der Waals surface area contributed by atoms with Crippen molar-refractivity contribution in [2.45, 2.75) is 58.3 Å². The smallest absolute Gasteiger partial charge is 0.341 e. The third-order valence-electron chi connectivity index (χ3n) is 6.33. The molecule has 2 aromatic rings. The number of esters is 1. The van der Waals surface area contributed by atoms with Crippen LogP contribution in [0, 0.1) is 0 Å². The van der Waals surface area contributed by atoms with Gasteiger partial charge in [-0.25, -0.2) is 4.79 Å². The fraction of sp³-hybridized carbons (Fsp3) is 0.542. The maximum atomic E-state index is 13.4. The average molecular weight is 505 g/mol. The molecule has 0 unspecified atom stereocenters. The van der Waals surface area contributed by atoms with E-state index in [1.54, 1.807) is 4.90 Å². The fourth-order valence-electron chi connectivity index (χ4n) is 4.57. The zero-order valence-corrected chi connectivity index (χ0v) is 21.4. The van der Waals surface area contributed by atoms with Crippen LogP contribution in [0.25, 0.3) is 0 Å². The van der Waals surface area contributed by atoms with Crippen molar-refractivity contribution in [1.29, 1.82) is 0 Å². The lowest BCUT2D eigenvalue weighted by Crippen LogP contribution is -2.28. The molecule has 2 aromatic heterocycles. The summed E-state index contributed by atoms with van der Waals surface area (Å²) in [6.07, 6.45) is 7.70. The largest absolute Gasteiger partial charge is 0.465 e. The topological polar surface area (TPSA) is 114 Å². The van der Waals surface area contributed by atoms with Gasteiger partial charge in [0.15, 0.2) is 0 Å². The maximum Gasteiger partial charge on any atom is 0.341 e. The maximum absolute atomic E-state index is 13.4. The minimum atomic E-state index is -0.441. The zero-order chi connectivity index (χ0) is 24.2. The third kappa shape index (κ3) is 4.79. The van der Waals surface area contributed by atoms with Gasteiger partial charge in [-0.2, -0.15) is 0 Å². The molecular weight excluding hydrogens is 472 g/mol. The molecule has 1 aliphatic carbocycles. The molecular formula is C24H32N4O4S2. The number of rotatable bonds is 7. The van der Waals surface area contributed by atoms with Crippen molar-refractivity contribution in [3.05, 3.63) is 26.4 Å². The molecule has 0 saturated carbocycles. The molecule has 34 heavy (non-hydrogen) atoms. The Bertz CT molecular complexity index is 1090. The van der Waals surface area contributed by atoms with E-state index in [1.165, 1.54) is 29.8 Å². The second-order valence-corrected chi connectivity index (χ2v) is 10.8. The summed E-state index contributed by atoms with van der Waals surface area (Å²) in [4.78, 5) is 42.4. The Hall–Kier alpha value is -2.59. The molecule has 10 heteroatoms. The first-order chi connectivity index (χ1) is 16.5. The first-order valence-electron chi connectivity index (χ1n) is 12.0. The molecule has 0 spiro atoms. The highest BCUT2D eigenvalue weighted by atomic mass is 32.1. The van der Waals surface area contributed by atoms with Gasteiger partial charge < -0.3 is 26.0 Å². The van der Waals surface area contributed by atoms with Crippen molar-refractivity contribution >= 4 is 56.1 Å². The summed E-state index contributed by atoms with van der Waals surface area (Å²) in [5, 5.41) is 7.31. The van der Waals surface area contributed by atoms with E-state index in [2.05, 4.69) is 10.6 Å². The van der Waals surface area contributed by atoms with Gasteiger partial charge in [-0.3, -0.25) is 9.59 Å². The molecule has 4 N–H and O–H groups in total. The lowest BCUT2D eigenvalue weighted by atomic mass is 10.1. The molecule has 0 aromatic carbocycles. The lowest BCUT2D eigenvalue weighted by Gasteiger charge is -2.16. The van der Waals surface area contributed by atoms with Crippen LogP contribution in [0.3, 0.4) is 0 Å². The summed E-state index contributed by atoms with van der Waals surface area (Å²) >= 11 is 2.63. The standard InChI is InChI=1S/C24H32N4O4S2/c1-3-11-26-21-17(23(30)28-12-7-8-13-28)18(25)19(34-21)20(29)27-22-16(24(31)32-2)14-9-5-4-6-10-15(14)33-22/h26H,3-13,25H2,1-2H3,(H,27,29). The molecule has 184 valence electrons. The van der Waals surface area contributed by atoms with Gasteiger partial charge in [-0.1, -0.05) is 13.3 Å². The Kier molecular flexibility index (Phi) is 7.77. The van der Waals surface area contributed by atoms with Crippen LogP contribution in [0.5, 0.6) is 0 Å². The number of nitrogens with two attached hydrogens (primary N) is 1. The summed E-state index contributed by atoms with van der Waals surface area (Å²) in [5.74, 6) is -0.991. The normalized spacial score (nSPS) is 15.5. The van der Waals surface area contributed by atoms with Crippen molar-refractivity contribution in [2.24, 2.45) is 0 Å². The lowest BCUT2D eigenvalue weighted by molar-refractivity contribution is 0.0601. The van der Waals surface area contributed by atoms with Gasteiger partial charge in [0.05, 0.1) is 23.9 Å². The number of aryl methyl sites for hydroxylation is 1. The number of hydrogen-bond acceptors (Lipinski definition) is 8. The van der Waals surface area contributed by atoms with E-state index in [-0.39, 0.29) is 16.5 Å². The monoisotopic (exact) mass is 504 g/mol. The number of carbonyl (C=O) groups is 3. The van der Waals surface area contributed by atoms with Crippen LogP contribution in [-0.4, -0.2) is 49.4 Å².